The van der Waals surface area contributed by atoms with Crippen molar-refractivity contribution >= 4 is 11.8 Å². The van der Waals surface area contributed by atoms with Gasteiger partial charge in [0, 0.05) is 6.54 Å². The number of benzene rings is 1. The minimum absolute atomic E-state index is 0.00759. The van der Waals surface area contributed by atoms with E-state index in [1.807, 2.05) is 44.1 Å². The van der Waals surface area contributed by atoms with E-state index >= 15 is 0 Å². The normalized spacial score (nSPS) is 12.2. The van der Waals surface area contributed by atoms with Gasteiger partial charge in [0.15, 0.2) is 0 Å². The lowest BCUT2D eigenvalue weighted by Crippen LogP contribution is -2.40. The summed E-state index contributed by atoms with van der Waals surface area (Å²) in [5, 5.41) is 2.53. The molecule has 2 amide bonds. The molecule has 0 heterocycles. The van der Waals surface area contributed by atoms with E-state index in [1.165, 1.54) is 0 Å². The first kappa shape index (κ1) is 14.2. The van der Waals surface area contributed by atoms with Gasteiger partial charge in [0.25, 0.3) is 0 Å². The van der Waals surface area contributed by atoms with Crippen LogP contribution in [0.1, 0.15) is 17.2 Å². The average Bonchev–Trinajstić information content (AvgIpc) is 2.28. The topological polar surface area (TPSA) is 75.4 Å². The minimum atomic E-state index is -0.961. The van der Waals surface area contributed by atoms with E-state index in [1.54, 1.807) is 0 Å². The van der Waals surface area contributed by atoms with Crippen LogP contribution in [0, 0.1) is 6.92 Å². The zero-order valence-corrected chi connectivity index (χ0v) is 10.9. The highest BCUT2D eigenvalue weighted by Crippen LogP contribution is 2.18. The van der Waals surface area contributed by atoms with Crippen LogP contribution < -0.4 is 11.1 Å². The molecule has 3 N–H and O–H groups in total. The van der Waals surface area contributed by atoms with Crippen molar-refractivity contribution in [1.82, 2.24) is 10.2 Å². The van der Waals surface area contributed by atoms with Crippen LogP contribution in [0.4, 0.5) is 0 Å². The summed E-state index contributed by atoms with van der Waals surface area (Å²) >= 11 is 0. The Hall–Kier alpha value is -1.88. The molecular formula is C13H19N3O2. The molecule has 1 aromatic rings. The number of amides is 2. The van der Waals surface area contributed by atoms with Gasteiger partial charge in [-0.05, 0) is 26.6 Å². The van der Waals surface area contributed by atoms with Crippen molar-refractivity contribution in [3.05, 3.63) is 35.4 Å². The number of likely N-dealkylation sites (N-methyl/N-ethyl adjacent to an activating group) is 1. The molecule has 98 valence electrons. The number of nitrogens with one attached hydrogen (secondary N) is 1. The molecule has 0 aliphatic carbocycles. The second kappa shape index (κ2) is 6.16. The Balaban J connectivity index is 2.78. The number of rotatable bonds is 4. The Morgan fingerprint density at radius 2 is 2.06 bits per heavy atom. The highest BCUT2D eigenvalue weighted by Gasteiger charge is 2.16. The average molecular weight is 249 g/mol. The van der Waals surface area contributed by atoms with E-state index in [9.17, 15) is 9.59 Å². The molecule has 0 bridgehead atoms. The molecule has 0 radical (unpaired) electrons. The third-order valence-corrected chi connectivity index (χ3v) is 2.73. The lowest BCUT2D eigenvalue weighted by Gasteiger charge is -2.25. The Morgan fingerprint density at radius 3 is 2.56 bits per heavy atom. The van der Waals surface area contributed by atoms with Crippen molar-refractivity contribution in [3.63, 3.8) is 0 Å². The summed E-state index contributed by atoms with van der Waals surface area (Å²) < 4.78 is 0. The van der Waals surface area contributed by atoms with Gasteiger partial charge >= 0.3 is 11.8 Å². The first-order valence-electron chi connectivity index (χ1n) is 5.72. The maximum absolute atomic E-state index is 11.2. The fourth-order valence-corrected chi connectivity index (χ4v) is 1.75. The van der Waals surface area contributed by atoms with Crippen LogP contribution in [-0.2, 0) is 9.59 Å². The summed E-state index contributed by atoms with van der Waals surface area (Å²) in [4.78, 5) is 23.8. The summed E-state index contributed by atoms with van der Waals surface area (Å²) in [6.45, 7) is 2.36. The Bertz CT molecular complexity index is 444. The number of hydrogen-bond acceptors (Lipinski definition) is 3. The minimum Gasteiger partial charge on any atom is -0.361 e. The highest BCUT2D eigenvalue weighted by molar-refractivity contribution is 6.34. The second-order valence-corrected chi connectivity index (χ2v) is 4.47. The maximum atomic E-state index is 11.2. The van der Waals surface area contributed by atoms with E-state index in [-0.39, 0.29) is 6.04 Å². The molecule has 0 aromatic heterocycles. The maximum Gasteiger partial charge on any atom is 0.309 e. The second-order valence-electron chi connectivity index (χ2n) is 4.47. The monoisotopic (exact) mass is 249 g/mol. The summed E-state index contributed by atoms with van der Waals surface area (Å²) in [5.41, 5.74) is 7.14. The van der Waals surface area contributed by atoms with Gasteiger partial charge in [0.05, 0.1) is 6.04 Å². The van der Waals surface area contributed by atoms with Gasteiger partial charge < -0.3 is 16.0 Å². The van der Waals surface area contributed by atoms with Gasteiger partial charge in [0.1, 0.15) is 0 Å². The quantitative estimate of drug-likeness (QED) is 0.748. The first-order chi connectivity index (χ1) is 8.41. The zero-order valence-electron chi connectivity index (χ0n) is 10.9. The molecule has 1 aromatic carbocycles. The largest absolute Gasteiger partial charge is 0.361 e. The molecule has 0 saturated heterocycles. The van der Waals surface area contributed by atoms with Crippen molar-refractivity contribution in [2.45, 2.75) is 13.0 Å². The van der Waals surface area contributed by atoms with E-state index in [0.717, 1.165) is 11.1 Å². The Kier molecular flexibility index (Phi) is 4.85. The molecule has 0 unspecified atom stereocenters. The van der Waals surface area contributed by atoms with E-state index in [0.29, 0.717) is 6.54 Å². The van der Waals surface area contributed by atoms with Crippen LogP contribution in [0.2, 0.25) is 0 Å². The van der Waals surface area contributed by atoms with Gasteiger partial charge in [-0.25, -0.2) is 0 Å². The van der Waals surface area contributed by atoms with Crippen molar-refractivity contribution in [3.8, 4) is 0 Å². The van der Waals surface area contributed by atoms with Crippen molar-refractivity contribution < 1.29 is 9.59 Å². The van der Waals surface area contributed by atoms with Crippen LogP contribution >= 0.6 is 0 Å². The molecular weight excluding hydrogens is 230 g/mol. The number of primary amides is 1. The molecule has 1 rings (SSSR count). The van der Waals surface area contributed by atoms with Crippen LogP contribution in [0.5, 0.6) is 0 Å². The molecule has 0 saturated carbocycles. The molecule has 5 nitrogen and oxygen atoms in total. The fourth-order valence-electron chi connectivity index (χ4n) is 1.75. The van der Waals surface area contributed by atoms with E-state index in [4.69, 9.17) is 5.73 Å². The Labute approximate surface area is 107 Å². The molecule has 18 heavy (non-hydrogen) atoms. The number of carbonyl (C=O) groups is 2. The summed E-state index contributed by atoms with van der Waals surface area (Å²) in [6, 6.07) is 8.04. The molecule has 0 spiro atoms. The summed E-state index contributed by atoms with van der Waals surface area (Å²) in [6.07, 6.45) is 0. The predicted molar refractivity (Wildman–Crippen MR) is 69.8 cm³/mol. The van der Waals surface area contributed by atoms with E-state index in [2.05, 4.69) is 11.4 Å². The highest BCUT2D eigenvalue weighted by atomic mass is 16.2. The molecule has 0 fully saturated rings. The van der Waals surface area contributed by atoms with Gasteiger partial charge in [-0.3, -0.25) is 9.59 Å². The number of hydrogen-bond donors (Lipinski definition) is 2. The lowest BCUT2D eigenvalue weighted by molar-refractivity contribution is -0.137. The van der Waals surface area contributed by atoms with Crippen LogP contribution in [-0.4, -0.2) is 37.4 Å². The SMILES string of the molecule is Cc1cccc([C@@H](CNC(=O)C(N)=O)N(C)C)c1. The standard InChI is InChI=1S/C13H19N3O2/c1-9-5-4-6-10(7-9)11(16(2)3)8-15-13(18)12(14)17/h4-7,11H,8H2,1-3H3,(H2,14,17)(H,15,18)/t11-/m1/s1. The van der Waals surface area contributed by atoms with Crippen molar-refractivity contribution in [2.24, 2.45) is 5.73 Å². The van der Waals surface area contributed by atoms with Crippen LogP contribution in [0.25, 0.3) is 0 Å². The number of aryl methyl sites for hydroxylation is 1. The molecule has 0 aliphatic heterocycles. The third-order valence-electron chi connectivity index (χ3n) is 2.73. The molecule has 0 aliphatic rings. The van der Waals surface area contributed by atoms with Gasteiger partial charge in [-0.2, -0.15) is 0 Å². The van der Waals surface area contributed by atoms with E-state index < -0.39 is 11.8 Å². The smallest absolute Gasteiger partial charge is 0.309 e. The summed E-state index contributed by atoms with van der Waals surface area (Å²) in [5.74, 6) is -1.72. The van der Waals surface area contributed by atoms with Gasteiger partial charge in [-0.15, -0.1) is 0 Å². The first-order valence-corrected chi connectivity index (χ1v) is 5.72. The molecule has 1 atom stereocenters. The zero-order chi connectivity index (χ0) is 13.7. The number of nitrogens with zero attached hydrogens (tertiary/aromatic N) is 1. The number of nitrogens with two attached hydrogens (primary N) is 1. The molecule has 5 heteroatoms. The summed E-state index contributed by atoms with van der Waals surface area (Å²) in [7, 11) is 3.84. The van der Waals surface area contributed by atoms with Gasteiger partial charge in [-0.1, -0.05) is 29.8 Å². The predicted octanol–water partition coefficient (Wildman–Crippen LogP) is 0.199. The number of carbonyl (C=O) groups excluding carboxylic acids is 2. The van der Waals surface area contributed by atoms with Crippen LogP contribution in [0.15, 0.2) is 24.3 Å². The fraction of sp³-hybridized carbons (Fsp3) is 0.385. The Morgan fingerprint density at radius 1 is 1.39 bits per heavy atom. The van der Waals surface area contributed by atoms with Gasteiger partial charge in [0.2, 0.25) is 0 Å². The van der Waals surface area contributed by atoms with Crippen molar-refractivity contribution in [2.75, 3.05) is 20.6 Å². The third kappa shape index (κ3) is 3.85. The lowest BCUT2D eigenvalue weighted by atomic mass is 10.0. The van der Waals surface area contributed by atoms with Crippen molar-refractivity contribution in [1.29, 1.82) is 0 Å². The van der Waals surface area contributed by atoms with Crippen LogP contribution in [0.3, 0.4) is 0 Å².